The van der Waals surface area contributed by atoms with Crippen molar-refractivity contribution >= 4 is 11.6 Å². The summed E-state index contributed by atoms with van der Waals surface area (Å²) in [6.45, 7) is 13.1. The van der Waals surface area contributed by atoms with Crippen molar-refractivity contribution in [1.29, 1.82) is 0 Å². The smallest absolute Gasteiger partial charge is 0.191 e. The Morgan fingerprint density at radius 3 is 2.77 bits per heavy atom. The normalized spacial score (nSPS) is 18.1. The molecule has 0 aromatic heterocycles. The summed E-state index contributed by atoms with van der Waals surface area (Å²) in [4.78, 5) is 7.08. The van der Waals surface area contributed by atoms with Crippen LogP contribution in [0.4, 0.5) is 5.69 Å². The molecule has 1 aliphatic rings. The molecular formula is C20H35N5O. The highest BCUT2D eigenvalue weighted by molar-refractivity contribution is 5.80. The van der Waals surface area contributed by atoms with Crippen molar-refractivity contribution in [2.45, 2.75) is 45.7 Å². The van der Waals surface area contributed by atoms with Gasteiger partial charge in [-0.05, 0) is 46.2 Å². The van der Waals surface area contributed by atoms with Crippen LogP contribution in [0, 0.1) is 0 Å². The molecule has 0 radical (unpaired) electrons. The fourth-order valence-corrected chi connectivity index (χ4v) is 3.10. The molecule has 1 saturated heterocycles. The third-order valence-corrected chi connectivity index (χ3v) is 4.34. The van der Waals surface area contributed by atoms with E-state index in [2.05, 4.69) is 60.7 Å². The highest BCUT2D eigenvalue weighted by Gasteiger charge is 2.25. The van der Waals surface area contributed by atoms with Crippen molar-refractivity contribution < 1.29 is 4.74 Å². The first-order valence-electron chi connectivity index (χ1n) is 9.61. The van der Waals surface area contributed by atoms with Gasteiger partial charge in [0.2, 0.25) is 0 Å². The topological polar surface area (TPSA) is 60.9 Å². The summed E-state index contributed by atoms with van der Waals surface area (Å²) in [6.07, 6.45) is 1.09. The summed E-state index contributed by atoms with van der Waals surface area (Å²) in [7, 11) is 1.73. The molecule has 6 heteroatoms. The van der Waals surface area contributed by atoms with Gasteiger partial charge in [-0.15, -0.1) is 0 Å². The second-order valence-corrected chi connectivity index (χ2v) is 7.69. The number of para-hydroxylation sites is 2. The lowest BCUT2D eigenvalue weighted by molar-refractivity contribution is 0.415. The van der Waals surface area contributed by atoms with E-state index in [4.69, 9.17) is 9.73 Å². The summed E-state index contributed by atoms with van der Waals surface area (Å²) in [5.74, 6) is 1.83. The molecule has 1 aromatic carbocycles. The molecule has 0 spiro atoms. The van der Waals surface area contributed by atoms with E-state index in [1.165, 1.54) is 0 Å². The minimum absolute atomic E-state index is 0.127. The lowest BCUT2D eigenvalue weighted by Crippen LogP contribution is -2.45. The molecule has 6 nitrogen and oxygen atoms in total. The van der Waals surface area contributed by atoms with Crippen LogP contribution in [0.5, 0.6) is 5.75 Å². The lowest BCUT2D eigenvalue weighted by atomic mass is 10.1. The minimum Gasteiger partial charge on any atom is -0.495 e. The molecular weight excluding hydrogens is 326 g/mol. The Balaban J connectivity index is 1.89. The van der Waals surface area contributed by atoms with E-state index in [-0.39, 0.29) is 5.54 Å². The Bertz CT molecular complexity index is 582. The molecule has 1 atom stereocenters. The van der Waals surface area contributed by atoms with E-state index in [1.807, 2.05) is 12.1 Å². The van der Waals surface area contributed by atoms with Gasteiger partial charge in [0, 0.05) is 37.8 Å². The summed E-state index contributed by atoms with van der Waals surface area (Å²) >= 11 is 0. The number of hydrogen-bond donors (Lipinski definition) is 3. The standard InChI is InChI=1S/C20H35N5O/c1-6-21-19(22-12-13-23-20(2,3)4)24-16-11-14-25(15-16)17-9-7-8-10-18(17)26-5/h7-10,16,23H,6,11-15H2,1-5H3,(H2,21,22,24). The van der Waals surface area contributed by atoms with Crippen molar-refractivity contribution in [2.24, 2.45) is 4.99 Å². The summed E-state index contributed by atoms with van der Waals surface area (Å²) in [5.41, 5.74) is 1.29. The van der Waals surface area contributed by atoms with E-state index < -0.39 is 0 Å². The number of anilines is 1. The fraction of sp³-hybridized carbons (Fsp3) is 0.650. The van der Waals surface area contributed by atoms with Crippen LogP contribution in [0.1, 0.15) is 34.1 Å². The first-order valence-corrected chi connectivity index (χ1v) is 9.61. The van der Waals surface area contributed by atoms with Gasteiger partial charge in [0.15, 0.2) is 5.96 Å². The van der Waals surface area contributed by atoms with Crippen LogP contribution in [-0.2, 0) is 0 Å². The highest BCUT2D eigenvalue weighted by atomic mass is 16.5. The van der Waals surface area contributed by atoms with E-state index in [0.29, 0.717) is 6.04 Å². The van der Waals surface area contributed by atoms with E-state index >= 15 is 0 Å². The number of ether oxygens (including phenoxy) is 1. The largest absolute Gasteiger partial charge is 0.495 e. The number of guanidine groups is 1. The fourth-order valence-electron chi connectivity index (χ4n) is 3.10. The summed E-state index contributed by atoms with van der Waals surface area (Å²) in [5, 5.41) is 10.4. The van der Waals surface area contributed by atoms with Crippen LogP contribution < -0.4 is 25.6 Å². The second-order valence-electron chi connectivity index (χ2n) is 7.69. The monoisotopic (exact) mass is 361 g/mol. The molecule has 2 rings (SSSR count). The van der Waals surface area contributed by atoms with Crippen LogP contribution in [-0.4, -0.2) is 57.4 Å². The van der Waals surface area contributed by atoms with Gasteiger partial charge in [0.1, 0.15) is 5.75 Å². The van der Waals surface area contributed by atoms with Gasteiger partial charge in [0.05, 0.1) is 19.3 Å². The molecule has 0 bridgehead atoms. The number of methoxy groups -OCH3 is 1. The number of benzene rings is 1. The maximum Gasteiger partial charge on any atom is 0.191 e. The molecule has 26 heavy (non-hydrogen) atoms. The van der Waals surface area contributed by atoms with E-state index in [1.54, 1.807) is 7.11 Å². The van der Waals surface area contributed by atoms with Gasteiger partial charge in [0.25, 0.3) is 0 Å². The SMILES string of the molecule is CCNC(=NCCNC(C)(C)C)NC1CCN(c2ccccc2OC)C1. The third kappa shape index (κ3) is 6.41. The van der Waals surface area contributed by atoms with E-state index in [9.17, 15) is 0 Å². The zero-order valence-corrected chi connectivity index (χ0v) is 16.9. The van der Waals surface area contributed by atoms with Gasteiger partial charge in [-0.1, -0.05) is 12.1 Å². The predicted octanol–water partition coefficient (Wildman–Crippen LogP) is 2.22. The average molecular weight is 362 g/mol. The molecule has 1 aliphatic heterocycles. The Labute approximate surface area is 158 Å². The van der Waals surface area contributed by atoms with Crippen molar-refractivity contribution in [3.8, 4) is 5.75 Å². The Kier molecular flexibility index (Phi) is 7.57. The maximum atomic E-state index is 5.50. The maximum absolute atomic E-state index is 5.50. The van der Waals surface area contributed by atoms with Crippen molar-refractivity contribution in [2.75, 3.05) is 44.7 Å². The molecule has 3 N–H and O–H groups in total. The van der Waals surface area contributed by atoms with E-state index in [0.717, 1.165) is 56.5 Å². The third-order valence-electron chi connectivity index (χ3n) is 4.34. The molecule has 1 heterocycles. The number of nitrogens with zero attached hydrogens (tertiary/aromatic N) is 2. The molecule has 1 aromatic rings. The molecule has 0 aliphatic carbocycles. The zero-order chi connectivity index (χ0) is 19.0. The molecule has 0 amide bonds. The highest BCUT2D eigenvalue weighted by Crippen LogP contribution is 2.30. The van der Waals surface area contributed by atoms with Gasteiger partial charge in [-0.3, -0.25) is 4.99 Å². The first-order chi connectivity index (χ1) is 12.4. The summed E-state index contributed by atoms with van der Waals surface area (Å²) < 4.78 is 5.50. The molecule has 1 fully saturated rings. The lowest BCUT2D eigenvalue weighted by Gasteiger charge is -2.22. The van der Waals surface area contributed by atoms with Crippen LogP contribution in [0.2, 0.25) is 0 Å². The average Bonchev–Trinajstić information content (AvgIpc) is 3.06. The Hall–Kier alpha value is -1.95. The van der Waals surface area contributed by atoms with Crippen LogP contribution in [0.3, 0.4) is 0 Å². The predicted molar refractivity (Wildman–Crippen MR) is 110 cm³/mol. The Morgan fingerprint density at radius 2 is 2.08 bits per heavy atom. The number of rotatable bonds is 7. The summed E-state index contributed by atoms with van der Waals surface area (Å²) in [6, 6.07) is 8.60. The Morgan fingerprint density at radius 1 is 1.31 bits per heavy atom. The molecule has 0 saturated carbocycles. The van der Waals surface area contributed by atoms with Crippen LogP contribution >= 0.6 is 0 Å². The first kappa shape index (κ1) is 20.4. The van der Waals surface area contributed by atoms with Crippen molar-refractivity contribution in [3.63, 3.8) is 0 Å². The number of aliphatic imine (C=N–C) groups is 1. The van der Waals surface area contributed by atoms with Gasteiger partial charge in [-0.2, -0.15) is 0 Å². The van der Waals surface area contributed by atoms with Crippen LogP contribution in [0.15, 0.2) is 29.3 Å². The van der Waals surface area contributed by atoms with Gasteiger partial charge >= 0.3 is 0 Å². The number of hydrogen-bond acceptors (Lipinski definition) is 4. The number of nitrogens with one attached hydrogen (secondary N) is 3. The zero-order valence-electron chi connectivity index (χ0n) is 16.9. The van der Waals surface area contributed by atoms with Gasteiger partial charge in [-0.25, -0.2) is 0 Å². The minimum atomic E-state index is 0.127. The van der Waals surface area contributed by atoms with Crippen LogP contribution in [0.25, 0.3) is 0 Å². The van der Waals surface area contributed by atoms with Crippen molar-refractivity contribution in [1.82, 2.24) is 16.0 Å². The molecule has 146 valence electrons. The van der Waals surface area contributed by atoms with Gasteiger partial charge < -0.3 is 25.6 Å². The molecule has 1 unspecified atom stereocenters. The second kappa shape index (κ2) is 9.67. The van der Waals surface area contributed by atoms with Crippen molar-refractivity contribution in [3.05, 3.63) is 24.3 Å². The quantitative estimate of drug-likeness (QED) is 0.395.